The average Bonchev–Trinajstić information content (AvgIpc) is 2.74. The molecule has 196 valence electrons. The van der Waals surface area contributed by atoms with Crippen LogP contribution in [0.1, 0.15) is 85.1 Å². The molecule has 0 aliphatic rings. The molecule has 9 heteroatoms. The molecule has 0 saturated carbocycles. The first kappa shape index (κ1) is 30.1. The molecule has 0 heterocycles. The summed E-state index contributed by atoms with van der Waals surface area (Å²) in [6.45, 7) is 10.9. The maximum Gasteiger partial charge on any atom is 0.321 e. The second-order valence-electron chi connectivity index (χ2n) is 9.20. The van der Waals surface area contributed by atoms with Gasteiger partial charge in [-0.3, -0.25) is 19.2 Å². The van der Waals surface area contributed by atoms with Crippen LogP contribution in [0.25, 0.3) is 0 Å². The summed E-state index contributed by atoms with van der Waals surface area (Å²) < 4.78 is 16.4. The molecule has 0 amide bonds. The van der Waals surface area contributed by atoms with Crippen LogP contribution in [0.15, 0.2) is 18.2 Å². The Bertz CT molecular complexity index is 882. The number of carbonyl (C=O) groups is 4. The van der Waals surface area contributed by atoms with Crippen molar-refractivity contribution in [3.8, 4) is 11.5 Å². The van der Waals surface area contributed by atoms with Crippen LogP contribution >= 0.6 is 0 Å². The minimum Gasteiger partial charge on any atom is -0.480 e. The Balaban J connectivity index is 3.39. The van der Waals surface area contributed by atoms with E-state index in [9.17, 15) is 24.3 Å². The van der Waals surface area contributed by atoms with Gasteiger partial charge in [-0.1, -0.05) is 40.7 Å². The molecule has 35 heavy (non-hydrogen) atoms. The Labute approximate surface area is 207 Å². The van der Waals surface area contributed by atoms with Gasteiger partial charge in [0.15, 0.2) is 11.5 Å². The highest BCUT2D eigenvalue weighted by molar-refractivity contribution is 5.77. The van der Waals surface area contributed by atoms with E-state index in [1.807, 2.05) is 27.7 Å². The molecule has 3 unspecified atom stereocenters. The van der Waals surface area contributed by atoms with Crippen molar-refractivity contribution in [2.45, 2.75) is 91.7 Å². The van der Waals surface area contributed by atoms with Crippen molar-refractivity contribution in [2.24, 2.45) is 17.6 Å². The van der Waals surface area contributed by atoms with Crippen LogP contribution in [0, 0.1) is 11.8 Å². The van der Waals surface area contributed by atoms with Crippen molar-refractivity contribution >= 4 is 23.9 Å². The predicted molar refractivity (Wildman–Crippen MR) is 130 cm³/mol. The van der Waals surface area contributed by atoms with Crippen molar-refractivity contribution in [3.63, 3.8) is 0 Å². The molecule has 0 aliphatic heterocycles. The number of benzene rings is 1. The fraction of sp³-hybridized carbons (Fsp3) is 0.615. The number of carbonyl (C=O) groups excluding carboxylic acids is 3. The minimum absolute atomic E-state index is 0.00430. The molecule has 3 N–H and O–H groups in total. The van der Waals surface area contributed by atoms with E-state index in [-0.39, 0.29) is 42.6 Å². The van der Waals surface area contributed by atoms with Crippen LogP contribution in [0.5, 0.6) is 11.5 Å². The van der Waals surface area contributed by atoms with E-state index >= 15 is 0 Å². The molecular formula is C26H39NO8. The number of aliphatic carboxylic acids is 1. The summed E-state index contributed by atoms with van der Waals surface area (Å²) >= 11 is 0. The molecule has 9 nitrogen and oxygen atoms in total. The highest BCUT2D eigenvalue weighted by Crippen LogP contribution is 2.37. The molecule has 0 fully saturated rings. The smallest absolute Gasteiger partial charge is 0.321 e. The topological polar surface area (TPSA) is 142 Å². The van der Waals surface area contributed by atoms with E-state index in [1.54, 1.807) is 19.9 Å². The lowest BCUT2D eigenvalue weighted by molar-refractivity contribution is -0.152. The third kappa shape index (κ3) is 9.68. The summed E-state index contributed by atoms with van der Waals surface area (Å²) in [7, 11) is 0. The van der Waals surface area contributed by atoms with E-state index in [0.717, 1.165) is 0 Å². The van der Waals surface area contributed by atoms with E-state index in [2.05, 4.69) is 0 Å². The summed E-state index contributed by atoms with van der Waals surface area (Å²) in [5.74, 6) is -3.71. The Morgan fingerprint density at radius 3 is 1.91 bits per heavy atom. The van der Waals surface area contributed by atoms with Crippen LogP contribution < -0.4 is 15.2 Å². The molecule has 1 aromatic carbocycles. The normalized spacial score (nSPS) is 14.5. The van der Waals surface area contributed by atoms with Crippen molar-refractivity contribution in [2.75, 3.05) is 0 Å². The van der Waals surface area contributed by atoms with Gasteiger partial charge in [-0.15, -0.1) is 0 Å². The molecule has 0 saturated heterocycles. The molecular weight excluding hydrogens is 454 g/mol. The van der Waals surface area contributed by atoms with Crippen molar-refractivity contribution in [1.29, 1.82) is 0 Å². The molecule has 1 aromatic rings. The first-order valence-electron chi connectivity index (χ1n) is 12.1. The zero-order chi connectivity index (χ0) is 26.7. The first-order valence-corrected chi connectivity index (χ1v) is 12.1. The summed E-state index contributed by atoms with van der Waals surface area (Å²) in [6.07, 6.45) is 1.10. The number of carboxylic acid groups (broad SMARTS) is 1. The monoisotopic (exact) mass is 493 g/mol. The van der Waals surface area contributed by atoms with Crippen LogP contribution in [0.4, 0.5) is 0 Å². The third-order valence-corrected chi connectivity index (χ3v) is 5.58. The maximum atomic E-state index is 12.2. The first-order chi connectivity index (χ1) is 16.4. The van der Waals surface area contributed by atoms with Gasteiger partial charge in [0.05, 0.1) is 0 Å². The van der Waals surface area contributed by atoms with Crippen molar-refractivity contribution in [1.82, 2.24) is 0 Å². The van der Waals surface area contributed by atoms with Crippen LogP contribution in [0.2, 0.25) is 0 Å². The summed E-state index contributed by atoms with van der Waals surface area (Å²) in [6, 6.07) is 3.18. The Hall–Kier alpha value is -2.94. The van der Waals surface area contributed by atoms with Gasteiger partial charge in [0.1, 0.15) is 12.1 Å². The highest BCUT2D eigenvalue weighted by atomic mass is 16.6. The fourth-order valence-electron chi connectivity index (χ4n) is 3.63. The van der Waals surface area contributed by atoms with Gasteiger partial charge in [0, 0.05) is 31.1 Å². The number of nitrogens with two attached hydrogens (primary N) is 1. The van der Waals surface area contributed by atoms with E-state index in [4.69, 9.17) is 19.9 Å². The number of hydrogen-bond donors (Lipinski definition) is 2. The largest absolute Gasteiger partial charge is 0.480 e. The standard InChI is InChI=1S/C26H39NO8/c1-7-9-21(28)34-19-12-11-18(14-20(19)35-22(29)10-8-2)24(25(27)26(31)32)16(5)17(6)33-23(30)13-15(3)4/h11-12,14-17,24-25H,7-10,13,27H2,1-6H3,(H,31,32)/t16?,17?,24?,25-/m0/s1. The van der Waals surface area contributed by atoms with Crippen LogP contribution in [0.3, 0.4) is 0 Å². The number of carboxylic acids is 1. The number of rotatable bonds is 14. The lowest BCUT2D eigenvalue weighted by atomic mass is 9.79. The molecule has 0 radical (unpaired) electrons. The van der Waals surface area contributed by atoms with Gasteiger partial charge in [-0.25, -0.2) is 0 Å². The zero-order valence-electron chi connectivity index (χ0n) is 21.5. The number of ether oxygens (including phenoxy) is 3. The minimum atomic E-state index is -1.33. The summed E-state index contributed by atoms with van der Waals surface area (Å²) in [4.78, 5) is 48.3. The van der Waals surface area contributed by atoms with Crippen LogP contribution in [-0.4, -0.2) is 41.1 Å². The average molecular weight is 494 g/mol. The van der Waals surface area contributed by atoms with Gasteiger partial charge < -0.3 is 25.1 Å². The lowest BCUT2D eigenvalue weighted by Gasteiger charge is -2.32. The molecule has 0 spiro atoms. The van der Waals surface area contributed by atoms with E-state index < -0.39 is 41.9 Å². The van der Waals surface area contributed by atoms with Crippen molar-refractivity contribution < 1.29 is 38.5 Å². The third-order valence-electron chi connectivity index (χ3n) is 5.58. The van der Waals surface area contributed by atoms with E-state index in [0.29, 0.717) is 18.4 Å². The maximum absolute atomic E-state index is 12.2. The van der Waals surface area contributed by atoms with E-state index in [1.165, 1.54) is 12.1 Å². The van der Waals surface area contributed by atoms with Crippen molar-refractivity contribution in [3.05, 3.63) is 23.8 Å². The number of hydrogen-bond acceptors (Lipinski definition) is 8. The van der Waals surface area contributed by atoms with Crippen LogP contribution in [-0.2, 0) is 23.9 Å². The molecule has 0 aliphatic carbocycles. The van der Waals surface area contributed by atoms with Gasteiger partial charge in [-0.05, 0) is 43.4 Å². The molecule has 0 aromatic heterocycles. The SMILES string of the molecule is CCCC(=O)Oc1ccc(C(C(C)C(C)OC(=O)CC(C)C)[C@H](N)C(=O)O)cc1OC(=O)CCC. The quantitative estimate of drug-likeness (QED) is 0.288. The lowest BCUT2D eigenvalue weighted by Crippen LogP contribution is -2.42. The fourth-order valence-corrected chi connectivity index (χ4v) is 3.63. The highest BCUT2D eigenvalue weighted by Gasteiger charge is 2.35. The second-order valence-corrected chi connectivity index (χ2v) is 9.20. The Morgan fingerprint density at radius 1 is 0.886 bits per heavy atom. The predicted octanol–water partition coefficient (Wildman–Crippen LogP) is 4.21. The second kappa shape index (κ2) is 14.5. The summed E-state index contributed by atoms with van der Waals surface area (Å²) in [5.41, 5.74) is 6.52. The Morgan fingerprint density at radius 2 is 1.43 bits per heavy atom. The Kier molecular flexibility index (Phi) is 12.4. The molecule has 1 rings (SSSR count). The van der Waals surface area contributed by atoms with Gasteiger partial charge in [0.25, 0.3) is 0 Å². The number of esters is 3. The molecule has 0 bridgehead atoms. The zero-order valence-corrected chi connectivity index (χ0v) is 21.5. The molecule has 4 atom stereocenters. The van der Waals surface area contributed by atoms with Gasteiger partial charge in [0.2, 0.25) is 0 Å². The van der Waals surface area contributed by atoms with Gasteiger partial charge in [-0.2, -0.15) is 0 Å². The van der Waals surface area contributed by atoms with Gasteiger partial charge >= 0.3 is 23.9 Å². The summed E-state index contributed by atoms with van der Waals surface area (Å²) in [5, 5.41) is 9.68.